The van der Waals surface area contributed by atoms with E-state index in [1.807, 2.05) is 0 Å². The number of thioether (sulfide) groups is 1. The Labute approximate surface area is 158 Å². The van der Waals surface area contributed by atoms with E-state index in [2.05, 4.69) is 5.32 Å². The molecule has 3 rings (SSSR count). The highest BCUT2D eigenvalue weighted by Gasteiger charge is 2.19. The van der Waals surface area contributed by atoms with Crippen LogP contribution in [0.25, 0.3) is 0 Å². The van der Waals surface area contributed by atoms with Gasteiger partial charge in [-0.1, -0.05) is 11.6 Å². The SMILES string of the molecule is COc1ccc(C(=O)COC(=O)c2ccc3c(c2)NC(=O)CS3)cc1Cl. The van der Waals surface area contributed by atoms with Gasteiger partial charge in [-0.2, -0.15) is 0 Å². The maximum atomic E-state index is 12.2. The first-order valence-corrected chi connectivity index (χ1v) is 8.95. The van der Waals surface area contributed by atoms with Gasteiger partial charge >= 0.3 is 5.97 Å². The summed E-state index contributed by atoms with van der Waals surface area (Å²) in [5, 5.41) is 3.00. The number of ether oxygens (including phenoxy) is 2. The molecule has 1 amide bonds. The van der Waals surface area contributed by atoms with E-state index in [0.717, 1.165) is 4.90 Å². The lowest BCUT2D eigenvalue weighted by atomic mass is 10.1. The van der Waals surface area contributed by atoms with E-state index in [9.17, 15) is 14.4 Å². The quantitative estimate of drug-likeness (QED) is 0.621. The van der Waals surface area contributed by atoms with E-state index in [1.165, 1.54) is 31.0 Å². The fourth-order valence-electron chi connectivity index (χ4n) is 2.35. The van der Waals surface area contributed by atoms with Crippen molar-refractivity contribution < 1.29 is 23.9 Å². The number of methoxy groups -OCH3 is 1. The van der Waals surface area contributed by atoms with Gasteiger partial charge in [0.1, 0.15) is 5.75 Å². The number of hydrogen-bond acceptors (Lipinski definition) is 6. The normalized spacial score (nSPS) is 12.8. The Kier molecular flexibility index (Phi) is 5.49. The number of benzene rings is 2. The lowest BCUT2D eigenvalue weighted by Gasteiger charge is -2.16. The zero-order valence-corrected chi connectivity index (χ0v) is 15.3. The second kappa shape index (κ2) is 7.80. The second-order valence-corrected chi connectivity index (χ2v) is 6.82. The summed E-state index contributed by atoms with van der Waals surface area (Å²) >= 11 is 7.39. The number of nitrogens with one attached hydrogen (secondary N) is 1. The maximum Gasteiger partial charge on any atom is 0.338 e. The molecule has 0 aromatic heterocycles. The lowest BCUT2D eigenvalue weighted by molar-refractivity contribution is -0.113. The van der Waals surface area contributed by atoms with Gasteiger partial charge in [0.05, 0.1) is 29.1 Å². The van der Waals surface area contributed by atoms with Crippen LogP contribution >= 0.6 is 23.4 Å². The molecular weight excluding hydrogens is 378 g/mol. The summed E-state index contributed by atoms with van der Waals surface area (Å²) in [6.45, 7) is -0.417. The first-order valence-electron chi connectivity index (χ1n) is 7.58. The number of carbonyl (C=O) groups is 3. The summed E-state index contributed by atoms with van der Waals surface area (Å²) in [5.74, 6) is -0.362. The molecule has 134 valence electrons. The van der Waals surface area contributed by atoms with E-state index in [-0.39, 0.29) is 17.3 Å². The number of ketones is 1. The Morgan fingerprint density at radius 1 is 1.19 bits per heavy atom. The second-order valence-electron chi connectivity index (χ2n) is 5.40. The Bertz CT molecular complexity index is 899. The highest BCUT2D eigenvalue weighted by Crippen LogP contribution is 2.32. The maximum absolute atomic E-state index is 12.2. The summed E-state index contributed by atoms with van der Waals surface area (Å²) in [6.07, 6.45) is 0. The number of amides is 1. The van der Waals surface area contributed by atoms with Crippen LogP contribution in [0.5, 0.6) is 5.75 Å². The largest absolute Gasteiger partial charge is 0.495 e. The molecule has 0 unspecified atom stereocenters. The standard InChI is InChI=1S/C18H14ClNO5S/c1-24-15-4-2-10(6-12(15)19)14(21)8-25-18(23)11-3-5-16-13(7-11)20-17(22)9-26-16/h2-7H,8-9H2,1H3,(H,20,22). The van der Waals surface area contributed by atoms with Crippen LogP contribution in [0.2, 0.25) is 5.02 Å². The average molecular weight is 392 g/mol. The Morgan fingerprint density at radius 2 is 1.96 bits per heavy atom. The number of Topliss-reactive ketones (excluding diaryl/α,β-unsaturated/α-hetero) is 1. The molecule has 1 heterocycles. The highest BCUT2D eigenvalue weighted by atomic mass is 35.5. The van der Waals surface area contributed by atoms with Gasteiger partial charge in [-0.25, -0.2) is 4.79 Å². The molecule has 2 aromatic rings. The third-order valence-corrected chi connectivity index (χ3v) is 5.03. The van der Waals surface area contributed by atoms with Crippen molar-refractivity contribution >= 4 is 46.7 Å². The first-order chi connectivity index (χ1) is 12.5. The molecule has 0 atom stereocenters. The van der Waals surface area contributed by atoms with Crippen LogP contribution in [0.1, 0.15) is 20.7 Å². The Morgan fingerprint density at radius 3 is 2.69 bits per heavy atom. The van der Waals surface area contributed by atoms with Gasteiger partial charge in [0.25, 0.3) is 0 Å². The highest BCUT2D eigenvalue weighted by molar-refractivity contribution is 8.00. The molecule has 8 heteroatoms. The zero-order chi connectivity index (χ0) is 18.7. The smallest absolute Gasteiger partial charge is 0.338 e. The van der Waals surface area contributed by atoms with Crippen molar-refractivity contribution in [3.8, 4) is 5.75 Å². The molecular formula is C18H14ClNO5S. The minimum absolute atomic E-state index is 0.125. The van der Waals surface area contributed by atoms with Crippen LogP contribution in [-0.2, 0) is 9.53 Å². The molecule has 0 bridgehead atoms. The van der Waals surface area contributed by atoms with E-state index in [0.29, 0.717) is 27.8 Å². The minimum Gasteiger partial charge on any atom is -0.495 e. The van der Waals surface area contributed by atoms with Crippen LogP contribution in [0, 0.1) is 0 Å². The molecule has 1 aliphatic rings. The Hall–Kier alpha value is -2.51. The molecule has 1 N–H and O–H groups in total. The fraction of sp³-hybridized carbons (Fsp3) is 0.167. The summed E-state index contributed by atoms with van der Waals surface area (Å²) in [6, 6.07) is 9.45. The van der Waals surface area contributed by atoms with Crippen LogP contribution in [0.3, 0.4) is 0 Å². The van der Waals surface area contributed by atoms with Gasteiger partial charge in [0.15, 0.2) is 12.4 Å². The van der Waals surface area contributed by atoms with Crippen molar-refractivity contribution in [2.75, 3.05) is 24.8 Å². The number of fused-ring (bicyclic) bond motifs is 1. The molecule has 0 saturated heterocycles. The van der Waals surface area contributed by atoms with E-state index in [4.69, 9.17) is 21.1 Å². The monoisotopic (exact) mass is 391 g/mol. The molecule has 0 aliphatic carbocycles. The number of rotatable bonds is 5. The summed E-state index contributed by atoms with van der Waals surface area (Å²) in [5.41, 5.74) is 1.14. The van der Waals surface area contributed by atoms with Crippen LogP contribution in [-0.4, -0.2) is 37.1 Å². The van der Waals surface area contributed by atoms with Gasteiger partial charge in [-0.3, -0.25) is 9.59 Å². The number of carbonyl (C=O) groups excluding carboxylic acids is 3. The predicted molar refractivity (Wildman–Crippen MR) is 98.4 cm³/mol. The number of anilines is 1. The van der Waals surface area contributed by atoms with Crippen molar-refractivity contribution in [3.63, 3.8) is 0 Å². The van der Waals surface area contributed by atoms with Crippen LogP contribution < -0.4 is 10.1 Å². The molecule has 6 nitrogen and oxygen atoms in total. The van der Waals surface area contributed by atoms with Gasteiger partial charge in [-0.15, -0.1) is 11.8 Å². The summed E-state index contributed by atoms with van der Waals surface area (Å²) in [4.78, 5) is 36.7. The third-order valence-electron chi connectivity index (χ3n) is 3.66. The van der Waals surface area contributed by atoms with Gasteiger partial charge in [-0.05, 0) is 36.4 Å². The van der Waals surface area contributed by atoms with E-state index < -0.39 is 12.6 Å². The van der Waals surface area contributed by atoms with Crippen LogP contribution in [0.15, 0.2) is 41.3 Å². The predicted octanol–water partition coefficient (Wildman–Crippen LogP) is 3.43. The zero-order valence-electron chi connectivity index (χ0n) is 13.7. The van der Waals surface area contributed by atoms with Gasteiger partial charge < -0.3 is 14.8 Å². The van der Waals surface area contributed by atoms with Crippen molar-refractivity contribution in [2.24, 2.45) is 0 Å². The minimum atomic E-state index is -0.648. The molecule has 26 heavy (non-hydrogen) atoms. The summed E-state index contributed by atoms with van der Waals surface area (Å²) in [7, 11) is 1.48. The van der Waals surface area contributed by atoms with Gasteiger partial charge in [0.2, 0.25) is 5.91 Å². The molecule has 0 saturated carbocycles. The first kappa shape index (κ1) is 18.3. The van der Waals surface area contributed by atoms with Crippen LogP contribution in [0.4, 0.5) is 5.69 Å². The average Bonchev–Trinajstić information content (AvgIpc) is 2.65. The van der Waals surface area contributed by atoms with Gasteiger partial charge in [0, 0.05) is 10.5 Å². The van der Waals surface area contributed by atoms with E-state index >= 15 is 0 Å². The van der Waals surface area contributed by atoms with Crippen molar-refractivity contribution in [1.29, 1.82) is 0 Å². The van der Waals surface area contributed by atoms with Crippen molar-refractivity contribution in [3.05, 3.63) is 52.5 Å². The van der Waals surface area contributed by atoms with Crippen molar-refractivity contribution in [2.45, 2.75) is 4.90 Å². The summed E-state index contributed by atoms with van der Waals surface area (Å²) < 4.78 is 10.1. The van der Waals surface area contributed by atoms with Crippen molar-refractivity contribution in [1.82, 2.24) is 0 Å². The fourth-order valence-corrected chi connectivity index (χ4v) is 3.39. The molecule has 2 aromatic carbocycles. The molecule has 0 fully saturated rings. The topological polar surface area (TPSA) is 81.7 Å². The number of halogens is 1. The number of esters is 1. The molecule has 0 radical (unpaired) electrons. The lowest BCUT2D eigenvalue weighted by Crippen LogP contribution is -2.19. The Balaban J connectivity index is 1.65. The van der Waals surface area contributed by atoms with E-state index in [1.54, 1.807) is 24.3 Å². The third kappa shape index (κ3) is 4.00. The molecule has 1 aliphatic heterocycles. The number of hydrogen-bond donors (Lipinski definition) is 1. The molecule has 0 spiro atoms.